The molecule has 0 bridgehead atoms. The molecule has 0 N–H and O–H groups in total. The Hall–Kier alpha value is -2.22. The first-order valence-corrected chi connectivity index (χ1v) is 8.85. The molecule has 0 fully saturated rings. The number of hydrogen-bond acceptors (Lipinski definition) is 2. The molecule has 0 saturated heterocycles. The zero-order valence-corrected chi connectivity index (χ0v) is 14.2. The van der Waals surface area contributed by atoms with E-state index >= 15 is 0 Å². The minimum absolute atomic E-state index is 0.301. The Morgan fingerprint density at radius 1 is 0.542 bits per heavy atom. The van der Waals surface area contributed by atoms with Gasteiger partial charge in [-0.1, -0.05) is 60.7 Å². The molecule has 0 atom stereocenters. The second kappa shape index (κ2) is 10.5. The molecular weight excluding hydrogens is 296 g/mol. The summed E-state index contributed by atoms with van der Waals surface area (Å²) in [4.78, 5) is 23.8. The molecule has 0 heterocycles. The first kappa shape index (κ1) is 18.1. The fraction of sp³-hybridized carbons (Fsp3) is 0.364. The van der Waals surface area contributed by atoms with E-state index in [0.29, 0.717) is 37.2 Å². The Labute approximate surface area is 144 Å². The maximum Gasteiger partial charge on any atom is 0.133 e. The highest BCUT2D eigenvalue weighted by molar-refractivity contribution is 5.79. The first-order valence-electron chi connectivity index (χ1n) is 8.85. The van der Waals surface area contributed by atoms with Gasteiger partial charge in [-0.05, 0) is 36.8 Å². The number of ketones is 2. The van der Waals surface area contributed by atoms with Crippen molar-refractivity contribution in [3.05, 3.63) is 71.8 Å². The van der Waals surface area contributed by atoms with Gasteiger partial charge < -0.3 is 0 Å². The van der Waals surface area contributed by atoms with Gasteiger partial charge in [0.1, 0.15) is 11.6 Å². The zero-order chi connectivity index (χ0) is 17.0. The van der Waals surface area contributed by atoms with Crippen molar-refractivity contribution < 1.29 is 9.59 Å². The van der Waals surface area contributed by atoms with Crippen molar-refractivity contribution in [3.8, 4) is 0 Å². The molecule has 0 spiro atoms. The largest absolute Gasteiger partial charge is 0.300 e. The second-order valence-electron chi connectivity index (χ2n) is 6.26. The summed E-state index contributed by atoms with van der Waals surface area (Å²) in [5.74, 6) is 0.603. The molecule has 0 aliphatic rings. The number of hydrogen-bond donors (Lipinski definition) is 0. The van der Waals surface area contributed by atoms with Crippen LogP contribution in [-0.4, -0.2) is 11.6 Å². The number of rotatable bonds is 11. The van der Waals surface area contributed by atoms with Crippen LogP contribution >= 0.6 is 0 Å². The molecule has 0 amide bonds. The monoisotopic (exact) mass is 322 g/mol. The molecule has 2 nitrogen and oxygen atoms in total. The molecule has 0 aliphatic carbocycles. The summed E-state index contributed by atoms with van der Waals surface area (Å²) in [6, 6.07) is 20.2. The van der Waals surface area contributed by atoms with Crippen LogP contribution in [0.1, 0.15) is 49.7 Å². The summed E-state index contributed by atoms with van der Waals surface area (Å²) in [7, 11) is 0. The summed E-state index contributed by atoms with van der Waals surface area (Å²) in [5, 5.41) is 0. The number of benzene rings is 2. The maximum absolute atomic E-state index is 11.9. The number of unbranched alkanes of at least 4 members (excludes halogenated alkanes) is 1. The van der Waals surface area contributed by atoms with Gasteiger partial charge in [-0.25, -0.2) is 0 Å². The smallest absolute Gasteiger partial charge is 0.133 e. The average molecular weight is 322 g/mol. The summed E-state index contributed by atoms with van der Waals surface area (Å²) in [6.45, 7) is 0. The summed E-state index contributed by atoms with van der Waals surface area (Å²) < 4.78 is 0. The van der Waals surface area contributed by atoms with Gasteiger partial charge in [0.25, 0.3) is 0 Å². The van der Waals surface area contributed by atoms with E-state index in [1.54, 1.807) is 0 Å². The Bertz CT molecular complexity index is 559. The molecule has 0 unspecified atom stereocenters. The third-order valence-electron chi connectivity index (χ3n) is 4.23. The lowest BCUT2D eigenvalue weighted by molar-refractivity contribution is -0.120. The zero-order valence-electron chi connectivity index (χ0n) is 14.2. The van der Waals surface area contributed by atoms with Gasteiger partial charge in [-0.15, -0.1) is 0 Å². The lowest BCUT2D eigenvalue weighted by Gasteiger charge is -2.03. The number of aryl methyl sites for hydroxylation is 2. The lowest BCUT2D eigenvalue weighted by Crippen LogP contribution is -2.03. The van der Waals surface area contributed by atoms with E-state index in [1.807, 2.05) is 36.4 Å². The number of Topliss-reactive ketones (excluding diaryl/α,β-unsaturated/α-hetero) is 2. The molecule has 2 aromatic carbocycles. The van der Waals surface area contributed by atoms with Crippen LogP contribution in [-0.2, 0) is 22.4 Å². The number of carbonyl (C=O) groups is 2. The summed E-state index contributed by atoms with van der Waals surface area (Å²) >= 11 is 0. The molecule has 2 heteroatoms. The van der Waals surface area contributed by atoms with Gasteiger partial charge in [0, 0.05) is 25.7 Å². The van der Waals surface area contributed by atoms with Crippen LogP contribution < -0.4 is 0 Å². The summed E-state index contributed by atoms with van der Waals surface area (Å²) in [5.41, 5.74) is 2.42. The Morgan fingerprint density at radius 2 is 0.917 bits per heavy atom. The Morgan fingerprint density at radius 3 is 1.29 bits per heavy atom. The second-order valence-corrected chi connectivity index (χ2v) is 6.26. The van der Waals surface area contributed by atoms with Gasteiger partial charge in [-0.3, -0.25) is 9.59 Å². The van der Waals surface area contributed by atoms with Crippen LogP contribution in [0.5, 0.6) is 0 Å². The van der Waals surface area contributed by atoms with Crippen molar-refractivity contribution in [2.75, 3.05) is 0 Å². The van der Waals surface area contributed by atoms with E-state index in [1.165, 1.54) is 11.1 Å². The molecule has 2 aromatic rings. The molecule has 0 aromatic heterocycles. The molecular formula is C22H26O2. The molecule has 2 rings (SSSR count). The van der Waals surface area contributed by atoms with Gasteiger partial charge >= 0.3 is 0 Å². The highest BCUT2D eigenvalue weighted by Crippen LogP contribution is 2.09. The van der Waals surface area contributed by atoms with Crippen molar-refractivity contribution in [1.29, 1.82) is 0 Å². The van der Waals surface area contributed by atoms with Crippen molar-refractivity contribution in [2.45, 2.75) is 51.4 Å². The van der Waals surface area contributed by atoms with Crippen LogP contribution in [0.25, 0.3) is 0 Å². The van der Waals surface area contributed by atoms with Crippen LogP contribution in [0.2, 0.25) is 0 Å². The van der Waals surface area contributed by atoms with Crippen LogP contribution in [0.3, 0.4) is 0 Å². The van der Waals surface area contributed by atoms with E-state index in [0.717, 1.165) is 25.7 Å². The van der Waals surface area contributed by atoms with E-state index in [-0.39, 0.29) is 0 Å². The van der Waals surface area contributed by atoms with Gasteiger partial charge in [0.2, 0.25) is 0 Å². The molecule has 126 valence electrons. The highest BCUT2D eigenvalue weighted by atomic mass is 16.1. The van der Waals surface area contributed by atoms with Crippen molar-refractivity contribution in [2.24, 2.45) is 0 Å². The van der Waals surface area contributed by atoms with Crippen molar-refractivity contribution >= 4 is 11.6 Å². The Kier molecular flexibility index (Phi) is 7.96. The Balaban J connectivity index is 1.52. The van der Waals surface area contributed by atoms with Crippen LogP contribution in [0.4, 0.5) is 0 Å². The van der Waals surface area contributed by atoms with Gasteiger partial charge in [0.15, 0.2) is 0 Å². The lowest BCUT2D eigenvalue weighted by atomic mass is 10.0. The third-order valence-corrected chi connectivity index (χ3v) is 4.23. The summed E-state index contributed by atoms with van der Waals surface area (Å²) in [6.07, 6.45) is 5.68. The molecule has 0 saturated carbocycles. The van der Waals surface area contributed by atoms with Gasteiger partial charge in [-0.2, -0.15) is 0 Å². The average Bonchev–Trinajstić information content (AvgIpc) is 2.63. The fourth-order valence-corrected chi connectivity index (χ4v) is 2.75. The van der Waals surface area contributed by atoms with E-state index in [2.05, 4.69) is 24.3 Å². The normalized spacial score (nSPS) is 10.5. The van der Waals surface area contributed by atoms with E-state index in [9.17, 15) is 9.59 Å². The fourth-order valence-electron chi connectivity index (χ4n) is 2.75. The van der Waals surface area contributed by atoms with Crippen LogP contribution in [0.15, 0.2) is 60.7 Å². The quantitative estimate of drug-likeness (QED) is 0.548. The molecule has 0 radical (unpaired) electrons. The van der Waals surface area contributed by atoms with E-state index < -0.39 is 0 Å². The predicted octanol–water partition coefficient (Wildman–Crippen LogP) is 4.95. The minimum atomic E-state index is 0.301. The SMILES string of the molecule is O=C(CCCCC(=O)CCc1ccccc1)CCc1ccccc1. The maximum atomic E-state index is 11.9. The topological polar surface area (TPSA) is 34.1 Å². The molecule has 24 heavy (non-hydrogen) atoms. The standard InChI is InChI=1S/C22H26O2/c23-21(17-15-19-9-3-1-4-10-19)13-7-8-14-22(24)18-16-20-11-5-2-6-12-20/h1-6,9-12H,7-8,13-18H2. The minimum Gasteiger partial charge on any atom is -0.300 e. The third kappa shape index (κ3) is 7.36. The van der Waals surface area contributed by atoms with Crippen LogP contribution in [0, 0.1) is 0 Å². The predicted molar refractivity (Wildman–Crippen MR) is 98.0 cm³/mol. The highest BCUT2D eigenvalue weighted by Gasteiger charge is 2.06. The number of carbonyl (C=O) groups excluding carboxylic acids is 2. The molecule has 0 aliphatic heterocycles. The van der Waals surface area contributed by atoms with Crippen molar-refractivity contribution in [1.82, 2.24) is 0 Å². The van der Waals surface area contributed by atoms with E-state index in [4.69, 9.17) is 0 Å². The van der Waals surface area contributed by atoms with Crippen molar-refractivity contribution in [3.63, 3.8) is 0 Å². The van der Waals surface area contributed by atoms with Gasteiger partial charge in [0.05, 0.1) is 0 Å². The first-order chi connectivity index (χ1) is 11.7.